The average molecular weight is 673 g/mol. The van der Waals surface area contributed by atoms with Crippen LogP contribution in [0.25, 0.3) is 33.1 Å². The first-order chi connectivity index (χ1) is 23.9. The van der Waals surface area contributed by atoms with Gasteiger partial charge in [0.25, 0.3) is 0 Å². The Morgan fingerprint density at radius 3 is 2.94 bits per heavy atom. The number of halogens is 1. The maximum absolute atomic E-state index is 17.3. The van der Waals surface area contributed by atoms with Crippen LogP contribution in [0.3, 0.4) is 0 Å². The second-order valence-corrected chi connectivity index (χ2v) is 14.3. The summed E-state index contributed by atoms with van der Waals surface area (Å²) in [6.45, 7) is 9.03. The number of ether oxygens (including phenoxy) is 3. The van der Waals surface area contributed by atoms with Gasteiger partial charge in [0.05, 0.1) is 36.9 Å². The molecule has 4 aliphatic rings. The van der Waals surface area contributed by atoms with Crippen molar-refractivity contribution < 1.29 is 23.4 Å². The Labute approximate surface area is 284 Å². The molecule has 1 aliphatic carbocycles. The van der Waals surface area contributed by atoms with Gasteiger partial charge in [0.15, 0.2) is 5.82 Å². The maximum Gasteiger partial charge on any atom is 0.404 e. The highest BCUT2D eigenvalue weighted by Crippen LogP contribution is 2.54. The number of fused-ring (bicyclic) bond motifs is 3. The van der Waals surface area contributed by atoms with E-state index in [1.54, 1.807) is 12.4 Å². The monoisotopic (exact) mass is 672 g/mol. The molecule has 49 heavy (non-hydrogen) atoms. The summed E-state index contributed by atoms with van der Waals surface area (Å²) in [4.78, 5) is 30.5. The van der Waals surface area contributed by atoms with Gasteiger partial charge >= 0.3 is 12.1 Å². The number of rotatable bonds is 10. The second-order valence-electron chi connectivity index (χ2n) is 14.3. The van der Waals surface area contributed by atoms with E-state index in [1.807, 2.05) is 6.92 Å². The standard InChI is InChI=1S/C36H45FN8O4/c1-3-21-5-4-9-44(17-21)34-27-15-39-33(31(37)32(27)41-36(42-34)49-19-24-7-6-23-18-47-12-10-45(23)24)30-26-16-40-43-28(26)13-20(2)29(30)25-14-22(25)8-11-48-35(38)46/h13,15-16,21-25H,3-12,14,17-19H2,1-2H3,(H2,38,46)(H,40,43)/t21-,22-,23-,24-,25+/m1/s1. The molecule has 260 valence electrons. The number of hydrogen-bond acceptors (Lipinski definition) is 10. The van der Waals surface area contributed by atoms with Crippen molar-refractivity contribution in [3.63, 3.8) is 0 Å². The molecule has 13 heteroatoms. The number of aromatic nitrogens is 5. The number of morpholine rings is 1. The molecule has 5 atom stereocenters. The van der Waals surface area contributed by atoms with Gasteiger partial charge in [-0.15, -0.1) is 0 Å². The van der Waals surface area contributed by atoms with E-state index in [2.05, 4.69) is 33.0 Å². The topological polar surface area (TPSA) is 145 Å². The predicted molar refractivity (Wildman–Crippen MR) is 183 cm³/mol. The van der Waals surface area contributed by atoms with Crippen LogP contribution < -0.4 is 15.4 Å². The lowest BCUT2D eigenvalue weighted by Gasteiger charge is -2.34. The summed E-state index contributed by atoms with van der Waals surface area (Å²) in [6, 6.07) is 2.93. The van der Waals surface area contributed by atoms with Crippen LogP contribution in [-0.4, -0.2) is 94.3 Å². The maximum atomic E-state index is 17.3. The van der Waals surface area contributed by atoms with Crippen LogP contribution in [0.1, 0.15) is 68.9 Å². The van der Waals surface area contributed by atoms with E-state index in [0.29, 0.717) is 36.2 Å². The summed E-state index contributed by atoms with van der Waals surface area (Å²) in [6.07, 6.45) is 9.69. The molecular weight excluding hydrogens is 627 g/mol. The van der Waals surface area contributed by atoms with Gasteiger partial charge < -0.3 is 24.8 Å². The zero-order valence-electron chi connectivity index (χ0n) is 28.3. The number of nitrogens with one attached hydrogen (secondary N) is 1. The molecule has 3 aromatic heterocycles. The summed E-state index contributed by atoms with van der Waals surface area (Å²) in [5.41, 5.74) is 9.25. The molecule has 12 nitrogen and oxygen atoms in total. The summed E-state index contributed by atoms with van der Waals surface area (Å²) >= 11 is 0. The van der Waals surface area contributed by atoms with Crippen molar-refractivity contribution in [2.75, 3.05) is 51.0 Å². The number of nitrogens with zero attached hydrogens (tertiary/aromatic N) is 6. The number of carbonyl (C=O) groups excluding carboxylic acids is 1. The number of carbonyl (C=O) groups is 1. The largest absolute Gasteiger partial charge is 0.462 e. The van der Waals surface area contributed by atoms with Crippen LogP contribution >= 0.6 is 0 Å². The first-order valence-corrected chi connectivity index (χ1v) is 17.9. The fourth-order valence-electron chi connectivity index (χ4n) is 8.60. The van der Waals surface area contributed by atoms with Crippen molar-refractivity contribution in [3.05, 3.63) is 35.4 Å². The van der Waals surface area contributed by atoms with Crippen LogP contribution in [-0.2, 0) is 9.47 Å². The Balaban J connectivity index is 1.19. The SMILES string of the molecule is CC[C@@H]1CCCN(c2nc(OC[C@H]3CC[C@@H]4COCCN43)nc3c(F)c(-c4c([C@H]5C[C@H]5CCOC(N)=O)c(C)cc5[nH]ncc45)ncc23)C1. The number of pyridine rings is 1. The van der Waals surface area contributed by atoms with Crippen molar-refractivity contribution >= 4 is 33.7 Å². The van der Waals surface area contributed by atoms with E-state index in [1.165, 1.54) is 6.42 Å². The molecule has 0 unspecified atom stereocenters. The van der Waals surface area contributed by atoms with Gasteiger partial charge in [0, 0.05) is 48.9 Å². The third-order valence-electron chi connectivity index (χ3n) is 11.3. The molecule has 6 heterocycles. The van der Waals surface area contributed by atoms with Crippen molar-refractivity contribution in [2.24, 2.45) is 17.6 Å². The lowest BCUT2D eigenvalue weighted by molar-refractivity contribution is -0.0101. The molecule has 8 rings (SSSR count). The van der Waals surface area contributed by atoms with Crippen molar-refractivity contribution in [2.45, 2.75) is 76.8 Å². The number of aromatic amines is 1. The molecule has 1 aromatic carbocycles. The molecule has 3 aliphatic heterocycles. The van der Waals surface area contributed by atoms with E-state index in [0.717, 1.165) is 92.5 Å². The Hall–Kier alpha value is -4.10. The number of anilines is 1. The highest BCUT2D eigenvalue weighted by atomic mass is 19.1. The fraction of sp³-hybridized carbons (Fsp3) is 0.583. The molecule has 4 fully saturated rings. The number of piperidine rings is 1. The molecule has 4 aromatic rings. The minimum atomic E-state index is -0.774. The van der Waals surface area contributed by atoms with E-state index >= 15 is 4.39 Å². The number of primary amides is 1. The summed E-state index contributed by atoms with van der Waals surface area (Å²) in [5, 5.41) is 8.78. The third kappa shape index (κ3) is 6.16. The van der Waals surface area contributed by atoms with Gasteiger partial charge in [-0.05, 0) is 80.4 Å². The van der Waals surface area contributed by atoms with Gasteiger partial charge in [-0.3, -0.25) is 15.0 Å². The zero-order chi connectivity index (χ0) is 33.6. The lowest BCUT2D eigenvalue weighted by Crippen LogP contribution is -2.46. The van der Waals surface area contributed by atoms with Crippen molar-refractivity contribution in [1.29, 1.82) is 0 Å². The first-order valence-electron chi connectivity index (χ1n) is 17.9. The second kappa shape index (κ2) is 13.3. The third-order valence-corrected chi connectivity index (χ3v) is 11.3. The van der Waals surface area contributed by atoms with E-state index in [4.69, 9.17) is 34.9 Å². The number of benzene rings is 1. The highest BCUT2D eigenvalue weighted by molar-refractivity contribution is 6.00. The Morgan fingerprint density at radius 1 is 1.18 bits per heavy atom. The number of aryl methyl sites for hydroxylation is 1. The van der Waals surface area contributed by atoms with Crippen LogP contribution in [0.5, 0.6) is 6.01 Å². The minimum Gasteiger partial charge on any atom is -0.462 e. The van der Waals surface area contributed by atoms with Crippen LogP contribution in [0.15, 0.2) is 18.5 Å². The van der Waals surface area contributed by atoms with Gasteiger partial charge in [-0.25, -0.2) is 9.18 Å². The van der Waals surface area contributed by atoms with Crippen LogP contribution in [0, 0.1) is 24.6 Å². The Bertz CT molecular complexity index is 1870. The zero-order valence-corrected chi connectivity index (χ0v) is 28.3. The summed E-state index contributed by atoms with van der Waals surface area (Å²) < 4.78 is 34.4. The lowest BCUT2D eigenvalue weighted by atomic mass is 9.90. The summed E-state index contributed by atoms with van der Waals surface area (Å²) in [5.74, 6) is 1.18. The van der Waals surface area contributed by atoms with Gasteiger partial charge in [0.2, 0.25) is 0 Å². The van der Waals surface area contributed by atoms with Crippen LogP contribution in [0.2, 0.25) is 0 Å². The average Bonchev–Trinajstić information content (AvgIpc) is 3.49. The molecule has 0 spiro atoms. The number of hydrogen-bond donors (Lipinski definition) is 2. The van der Waals surface area contributed by atoms with Crippen LogP contribution in [0.4, 0.5) is 15.0 Å². The number of H-pyrrole nitrogens is 1. The van der Waals surface area contributed by atoms with Crippen molar-refractivity contribution in [3.8, 4) is 17.3 Å². The number of nitrogens with two attached hydrogens (primary N) is 1. The number of amides is 1. The van der Waals surface area contributed by atoms with E-state index in [9.17, 15) is 4.79 Å². The fourth-order valence-corrected chi connectivity index (χ4v) is 8.60. The summed E-state index contributed by atoms with van der Waals surface area (Å²) in [7, 11) is 0. The van der Waals surface area contributed by atoms with E-state index < -0.39 is 11.9 Å². The van der Waals surface area contributed by atoms with Crippen molar-refractivity contribution in [1.82, 2.24) is 30.0 Å². The van der Waals surface area contributed by atoms with Gasteiger partial charge in [-0.2, -0.15) is 15.1 Å². The molecule has 3 N–H and O–H groups in total. The van der Waals surface area contributed by atoms with Gasteiger partial charge in [-0.1, -0.05) is 13.3 Å². The quantitative estimate of drug-likeness (QED) is 0.222. The molecule has 1 saturated carbocycles. The normalized spacial score (nSPS) is 25.5. The molecule has 0 bridgehead atoms. The molecule has 1 amide bonds. The minimum absolute atomic E-state index is 0.164. The molecular formula is C36H45FN8O4. The first kappa shape index (κ1) is 32.1. The molecule has 3 saturated heterocycles. The predicted octanol–water partition coefficient (Wildman–Crippen LogP) is 5.47. The Morgan fingerprint density at radius 2 is 2.08 bits per heavy atom. The highest BCUT2D eigenvalue weighted by Gasteiger charge is 2.42. The van der Waals surface area contributed by atoms with Gasteiger partial charge in [0.1, 0.15) is 23.6 Å². The smallest absolute Gasteiger partial charge is 0.404 e. The Kier molecular flexibility index (Phi) is 8.73. The molecule has 0 radical (unpaired) electrons. The van der Waals surface area contributed by atoms with E-state index in [-0.39, 0.29) is 41.7 Å².